The van der Waals surface area contributed by atoms with E-state index >= 15 is 0 Å². The first-order valence-electron chi connectivity index (χ1n) is 8.16. The molecule has 0 unspecified atom stereocenters. The third-order valence-corrected chi connectivity index (χ3v) is 4.49. The number of halogens is 3. The first kappa shape index (κ1) is 20.8. The highest BCUT2D eigenvalue weighted by molar-refractivity contribution is 7.99. The largest absolute Gasteiger partial charge is 0.450 e. The molecule has 0 saturated carbocycles. The first-order chi connectivity index (χ1) is 9.98. The summed E-state index contributed by atoms with van der Waals surface area (Å²) >= 11 is 1.10. The van der Waals surface area contributed by atoms with Gasteiger partial charge in [0.1, 0.15) is 0 Å². The van der Waals surface area contributed by atoms with Crippen LogP contribution in [-0.4, -0.2) is 23.5 Å². The smallest absolute Gasteiger partial charge is 0.289 e. The lowest BCUT2D eigenvalue weighted by atomic mass is 10.1. The number of unbranched alkanes of at least 4 members (excludes halogenated alkanes) is 10. The van der Waals surface area contributed by atoms with E-state index in [4.69, 9.17) is 0 Å². The van der Waals surface area contributed by atoms with E-state index in [2.05, 4.69) is 6.92 Å². The fourth-order valence-corrected chi connectivity index (χ4v) is 3.02. The lowest BCUT2D eigenvalue weighted by Gasteiger charge is -2.05. The summed E-state index contributed by atoms with van der Waals surface area (Å²) in [5.41, 5.74) is 0. The number of ketones is 1. The normalized spacial score (nSPS) is 11.8. The van der Waals surface area contributed by atoms with Crippen LogP contribution in [0.3, 0.4) is 0 Å². The molecule has 0 aromatic carbocycles. The lowest BCUT2D eigenvalue weighted by molar-refractivity contribution is -0.167. The van der Waals surface area contributed by atoms with Crippen molar-refractivity contribution in [2.75, 3.05) is 11.5 Å². The maximum Gasteiger partial charge on any atom is 0.450 e. The monoisotopic (exact) mass is 326 g/mol. The molecular weight excluding hydrogens is 297 g/mol. The Hall–Kier alpha value is -0.190. The minimum atomic E-state index is -4.66. The molecule has 0 saturated heterocycles. The van der Waals surface area contributed by atoms with E-state index < -0.39 is 17.7 Å². The van der Waals surface area contributed by atoms with Crippen LogP contribution in [-0.2, 0) is 4.79 Å². The molecule has 0 aliphatic carbocycles. The van der Waals surface area contributed by atoms with E-state index in [1.54, 1.807) is 0 Å². The van der Waals surface area contributed by atoms with Crippen molar-refractivity contribution in [3.63, 3.8) is 0 Å². The molecule has 0 amide bonds. The maximum absolute atomic E-state index is 11.9. The van der Waals surface area contributed by atoms with Crippen LogP contribution in [0.1, 0.15) is 77.6 Å². The zero-order valence-electron chi connectivity index (χ0n) is 13.1. The minimum absolute atomic E-state index is 0.429. The standard InChI is InChI=1S/C16H29F3OS/c1-2-3-4-5-6-7-8-9-10-11-12-13-21-14-15(20)16(17,18)19/h2-14H2,1H3. The summed E-state index contributed by atoms with van der Waals surface area (Å²) in [5.74, 6) is -1.39. The Kier molecular flexibility index (Phi) is 13.3. The predicted octanol–water partition coefficient (Wildman–Crippen LogP) is 6.16. The number of carbonyl (C=O) groups excluding carboxylic acids is 1. The molecule has 0 aromatic rings. The van der Waals surface area contributed by atoms with Gasteiger partial charge in [-0.2, -0.15) is 24.9 Å². The average molecular weight is 326 g/mol. The second-order valence-corrected chi connectivity index (χ2v) is 6.61. The Labute approximate surface area is 131 Å². The lowest BCUT2D eigenvalue weighted by Crippen LogP contribution is -2.24. The number of hydrogen-bond acceptors (Lipinski definition) is 2. The number of rotatable bonds is 14. The van der Waals surface area contributed by atoms with Crippen molar-refractivity contribution < 1.29 is 18.0 Å². The van der Waals surface area contributed by atoms with Gasteiger partial charge in [0.05, 0.1) is 5.75 Å². The van der Waals surface area contributed by atoms with Gasteiger partial charge in [0.25, 0.3) is 0 Å². The van der Waals surface area contributed by atoms with E-state index in [-0.39, 0.29) is 0 Å². The Bertz CT molecular complexity index is 254. The van der Waals surface area contributed by atoms with Gasteiger partial charge in [0, 0.05) is 0 Å². The zero-order valence-corrected chi connectivity index (χ0v) is 14.0. The summed E-state index contributed by atoms with van der Waals surface area (Å²) in [7, 11) is 0. The van der Waals surface area contributed by atoms with Crippen LogP contribution in [0.15, 0.2) is 0 Å². The SMILES string of the molecule is CCCCCCCCCCCCCSCC(=O)C(F)(F)F. The topological polar surface area (TPSA) is 17.1 Å². The van der Waals surface area contributed by atoms with Crippen molar-refractivity contribution in [2.24, 2.45) is 0 Å². The van der Waals surface area contributed by atoms with E-state index in [1.165, 1.54) is 51.4 Å². The first-order valence-corrected chi connectivity index (χ1v) is 9.31. The van der Waals surface area contributed by atoms with Crippen molar-refractivity contribution in [2.45, 2.75) is 83.7 Å². The van der Waals surface area contributed by atoms with Gasteiger partial charge in [-0.15, -0.1) is 0 Å². The summed E-state index contributed by atoms with van der Waals surface area (Å²) in [4.78, 5) is 10.6. The van der Waals surface area contributed by atoms with Gasteiger partial charge in [-0.25, -0.2) is 0 Å². The number of thioether (sulfide) groups is 1. The van der Waals surface area contributed by atoms with E-state index in [9.17, 15) is 18.0 Å². The van der Waals surface area contributed by atoms with Crippen molar-refractivity contribution in [1.82, 2.24) is 0 Å². The molecule has 0 heterocycles. The highest BCUT2D eigenvalue weighted by atomic mass is 32.2. The van der Waals surface area contributed by atoms with Crippen LogP contribution in [0.25, 0.3) is 0 Å². The fourth-order valence-electron chi connectivity index (χ4n) is 2.12. The van der Waals surface area contributed by atoms with Crippen molar-refractivity contribution >= 4 is 17.5 Å². The molecule has 126 valence electrons. The van der Waals surface area contributed by atoms with Crippen LogP contribution in [0.4, 0.5) is 13.2 Å². The summed E-state index contributed by atoms with van der Waals surface area (Å²) in [6, 6.07) is 0. The summed E-state index contributed by atoms with van der Waals surface area (Å²) in [6.07, 6.45) is 8.91. The van der Waals surface area contributed by atoms with Gasteiger partial charge >= 0.3 is 6.18 Å². The third kappa shape index (κ3) is 14.5. The van der Waals surface area contributed by atoms with Crippen LogP contribution in [0, 0.1) is 0 Å². The van der Waals surface area contributed by atoms with Gasteiger partial charge < -0.3 is 0 Å². The van der Waals surface area contributed by atoms with Gasteiger partial charge in [-0.3, -0.25) is 4.79 Å². The molecule has 0 atom stereocenters. The molecule has 0 fully saturated rings. The van der Waals surface area contributed by atoms with Crippen molar-refractivity contribution in [1.29, 1.82) is 0 Å². The molecule has 21 heavy (non-hydrogen) atoms. The van der Waals surface area contributed by atoms with Crippen molar-refractivity contribution in [3.8, 4) is 0 Å². The molecule has 0 aliphatic rings. The quantitative estimate of drug-likeness (QED) is 0.355. The molecular formula is C16H29F3OS. The average Bonchev–Trinajstić information content (AvgIpc) is 2.42. The van der Waals surface area contributed by atoms with E-state index in [0.717, 1.165) is 31.0 Å². The van der Waals surface area contributed by atoms with Crippen LogP contribution in [0.2, 0.25) is 0 Å². The molecule has 0 N–H and O–H groups in total. The third-order valence-electron chi connectivity index (χ3n) is 3.44. The predicted molar refractivity (Wildman–Crippen MR) is 84.8 cm³/mol. The molecule has 0 aliphatic heterocycles. The Morgan fingerprint density at radius 3 is 1.67 bits per heavy atom. The van der Waals surface area contributed by atoms with Gasteiger partial charge in [0.15, 0.2) is 0 Å². The Morgan fingerprint density at radius 2 is 1.24 bits per heavy atom. The number of alkyl halides is 3. The summed E-state index contributed by atoms with van der Waals surface area (Å²) < 4.78 is 35.8. The Balaban J connectivity index is 3.14. The van der Waals surface area contributed by atoms with E-state index in [0.29, 0.717) is 5.75 Å². The molecule has 5 heteroatoms. The molecule has 0 radical (unpaired) electrons. The number of carbonyl (C=O) groups is 1. The highest BCUT2D eigenvalue weighted by Gasteiger charge is 2.37. The number of hydrogen-bond donors (Lipinski definition) is 0. The maximum atomic E-state index is 11.9. The summed E-state index contributed by atoms with van der Waals surface area (Å²) in [5, 5.41) is 0. The molecule has 0 bridgehead atoms. The Morgan fingerprint density at radius 1 is 0.810 bits per heavy atom. The van der Waals surface area contributed by atoms with Gasteiger partial charge in [0.2, 0.25) is 5.78 Å². The van der Waals surface area contributed by atoms with Crippen LogP contribution >= 0.6 is 11.8 Å². The minimum Gasteiger partial charge on any atom is -0.289 e. The zero-order chi connectivity index (χ0) is 16.0. The van der Waals surface area contributed by atoms with Crippen LogP contribution in [0.5, 0.6) is 0 Å². The molecule has 0 aromatic heterocycles. The summed E-state index contributed by atoms with van der Waals surface area (Å²) in [6.45, 7) is 2.22. The molecule has 1 nitrogen and oxygen atoms in total. The van der Waals surface area contributed by atoms with Crippen LogP contribution < -0.4 is 0 Å². The second-order valence-electron chi connectivity index (χ2n) is 5.51. The van der Waals surface area contributed by atoms with E-state index in [1.807, 2.05) is 0 Å². The number of Topliss-reactive ketones (excluding diaryl/α,β-unsaturated/α-hetero) is 1. The van der Waals surface area contributed by atoms with Gasteiger partial charge in [-0.1, -0.05) is 71.1 Å². The molecule has 0 spiro atoms. The second kappa shape index (κ2) is 13.5. The van der Waals surface area contributed by atoms with Gasteiger partial charge in [-0.05, 0) is 12.2 Å². The fraction of sp³-hybridized carbons (Fsp3) is 0.938. The molecule has 0 rings (SSSR count). The highest BCUT2D eigenvalue weighted by Crippen LogP contribution is 2.19. The van der Waals surface area contributed by atoms with Crippen molar-refractivity contribution in [3.05, 3.63) is 0 Å².